The van der Waals surface area contributed by atoms with E-state index < -0.39 is 0 Å². The van der Waals surface area contributed by atoms with Crippen molar-refractivity contribution >= 4 is 5.57 Å². The zero-order chi connectivity index (χ0) is 15.4. The van der Waals surface area contributed by atoms with E-state index in [4.69, 9.17) is 0 Å². The second kappa shape index (κ2) is 6.83. The maximum Gasteiger partial charge on any atom is 0.115 e. The molecule has 1 atom stereocenters. The average Bonchev–Trinajstić information content (AvgIpc) is 3.09. The van der Waals surface area contributed by atoms with E-state index >= 15 is 0 Å². The van der Waals surface area contributed by atoms with E-state index in [0.29, 0.717) is 11.7 Å². The van der Waals surface area contributed by atoms with Crippen LogP contribution in [0.3, 0.4) is 0 Å². The number of rotatable bonds is 4. The lowest BCUT2D eigenvalue weighted by Crippen LogP contribution is -2.05. The van der Waals surface area contributed by atoms with Crippen LogP contribution in [-0.4, -0.2) is 5.11 Å². The lowest BCUT2D eigenvalue weighted by Gasteiger charge is -2.18. The highest BCUT2D eigenvalue weighted by Gasteiger charge is 2.20. The summed E-state index contributed by atoms with van der Waals surface area (Å²) in [6.45, 7) is 2.35. The van der Waals surface area contributed by atoms with Crippen molar-refractivity contribution in [1.29, 1.82) is 0 Å². The Labute approximate surface area is 133 Å². The summed E-state index contributed by atoms with van der Waals surface area (Å²) in [5, 5.41) is 9.54. The minimum atomic E-state index is 0.319. The predicted octanol–water partition coefficient (Wildman–Crippen LogP) is 5.65. The summed E-state index contributed by atoms with van der Waals surface area (Å²) >= 11 is 0. The molecule has 3 rings (SSSR count). The fraction of sp³-hybridized carbons (Fsp3) is 0.333. The lowest BCUT2D eigenvalue weighted by atomic mass is 9.87. The van der Waals surface area contributed by atoms with Gasteiger partial charge in [0.2, 0.25) is 0 Å². The molecule has 1 aliphatic rings. The van der Waals surface area contributed by atoms with Crippen LogP contribution in [0.1, 0.15) is 43.7 Å². The van der Waals surface area contributed by atoms with Crippen LogP contribution >= 0.6 is 0 Å². The Morgan fingerprint density at radius 1 is 0.955 bits per heavy atom. The number of aromatic hydroxyl groups is 1. The molecule has 2 aromatic rings. The maximum atomic E-state index is 9.54. The molecule has 0 radical (unpaired) electrons. The Balaban J connectivity index is 1.97. The number of benzene rings is 2. The molecule has 0 aliphatic heterocycles. The zero-order valence-electron chi connectivity index (χ0n) is 13.2. The average molecular weight is 292 g/mol. The molecule has 0 heterocycles. The van der Waals surface area contributed by atoms with Crippen molar-refractivity contribution in [2.24, 2.45) is 11.8 Å². The van der Waals surface area contributed by atoms with E-state index in [2.05, 4.69) is 43.3 Å². The van der Waals surface area contributed by atoms with Gasteiger partial charge in [0.1, 0.15) is 5.75 Å². The van der Waals surface area contributed by atoms with Crippen LogP contribution < -0.4 is 0 Å². The van der Waals surface area contributed by atoms with Gasteiger partial charge in [0.05, 0.1) is 0 Å². The maximum absolute atomic E-state index is 9.54. The SMILES string of the molecule is CC(/C=C(/c1ccccc1)c1ccc(O)cc1)C1CCCC1. The third-order valence-electron chi connectivity index (χ3n) is 4.84. The topological polar surface area (TPSA) is 20.2 Å². The molecule has 1 aliphatic carbocycles. The highest BCUT2D eigenvalue weighted by Crippen LogP contribution is 2.35. The molecule has 0 amide bonds. The molecule has 0 spiro atoms. The summed E-state index contributed by atoms with van der Waals surface area (Å²) in [4.78, 5) is 0. The first kappa shape index (κ1) is 14.9. The summed E-state index contributed by atoms with van der Waals surface area (Å²) in [6.07, 6.45) is 7.90. The monoisotopic (exact) mass is 292 g/mol. The molecule has 0 saturated heterocycles. The summed E-state index contributed by atoms with van der Waals surface area (Å²) in [6, 6.07) is 18.1. The molecule has 1 unspecified atom stereocenters. The van der Waals surface area contributed by atoms with Crippen LogP contribution in [0.5, 0.6) is 5.75 Å². The largest absolute Gasteiger partial charge is 0.508 e. The summed E-state index contributed by atoms with van der Waals surface area (Å²) in [7, 11) is 0. The molecule has 22 heavy (non-hydrogen) atoms. The van der Waals surface area contributed by atoms with Gasteiger partial charge in [0, 0.05) is 0 Å². The van der Waals surface area contributed by atoms with E-state index in [1.807, 2.05) is 12.1 Å². The highest BCUT2D eigenvalue weighted by molar-refractivity contribution is 5.80. The number of phenolic OH excluding ortho intramolecular Hbond substituents is 1. The highest BCUT2D eigenvalue weighted by atomic mass is 16.3. The molecule has 1 fully saturated rings. The molecule has 114 valence electrons. The number of hydrogen-bond acceptors (Lipinski definition) is 1. The van der Waals surface area contributed by atoms with Gasteiger partial charge < -0.3 is 5.11 Å². The van der Waals surface area contributed by atoms with Gasteiger partial charge in [0.15, 0.2) is 0 Å². The Bertz CT molecular complexity index is 619. The number of phenols is 1. The fourth-order valence-electron chi connectivity index (χ4n) is 3.50. The van der Waals surface area contributed by atoms with E-state index in [0.717, 1.165) is 5.92 Å². The van der Waals surface area contributed by atoms with Gasteiger partial charge in [0.25, 0.3) is 0 Å². The van der Waals surface area contributed by atoms with Crippen molar-refractivity contribution in [3.05, 3.63) is 71.8 Å². The molecule has 0 aromatic heterocycles. The zero-order valence-corrected chi connectivity index (χ0v) is 13.2. The molecule has 1 saturated carbocycles. The third kappa shape index (κ3) is 3.41. The van der Waals surface area contributed by atoms with Crippen molar-refractivity contribution in [2.45, 2.75) is 32.6 Å². The van der Waals surface area contributed by atoms with Crippen LogP contribution in [0.15, 0.2) is 60.7 Å². The lowest BCUT2D eigenvalue weighted by molar-refractivity contribution is 0.435. The fourth-order valence-corrected chi connectivity index (χ4v) is 3.50. The Morgan fingerprint density at radius 3 is 2.18 bits per heavy atom. The normalized spacial score (nSPS) is 17.6. The van der Waals surface area contributed by atoms with Crippen LogP contribution in [0.25, 0.3) is 5.57 Å². The predicted molar refractivity (Wildman–Crippen MR) is 92.7 cm³/mol. The first-order chi connectivity index (χ1) is 10.7. The minimum Gasteiger partial charge on any atom is -0.508 e. The third-order valence-corrected chi connectivity index (χ3v) is 4.84. The van der Waals surface area contributed by atoms with E-state index in [1.165, 1.54) is 42.4 Å². The second-order valence-electron chi connectivity index (χ2n) is 6.40. The standard InChI is InChI=1S/C21H24O/c1-16(17-7-5-6-8-17)15-21(18-9-3-2-4-10-18)19-11-13-20(22)14-12-19/h2-4,9-17,22H,5-8H2,1H3/b21-15-. The van der Waals surface area contributed by atoms with Crippen molar-refractivity contribution in [1.82, 2.24) is 0 Å². The van der Waals surface area contributed by atoms with Crippen molar-refractivity contribution in [2.75, 3.05) is 0 Å². The van der Waals surface area contributed by atoms with E-state index in [1.54, 1.807) is 12.1 Å². The first-order valence-electron chi connectivity index (χ1n) is 8.30. The molecular weight excluding hydrogens is 268 g/mol. The molecule has 1 heteroatoms. The van der Waals surface area contributed by atoms with E-state index in [-0.39, 0.29) is 0 Å². The smallest absolute Gasteiger partial charge is 0.115 e. The van der Waals surface area contributed by atoms with Gasteiger partial charge >= 0.3 is 0 Å². The summed E-state index contributed by atoms with van der Waals surface area (Å²) in [5.74, 6) is 1.72. The second-order valence-corrected chi connectivity index (χ2v) is 6.40. The molecule has 0 bridgehead atoms. The summed E-state index contributed by atoms with van der Waals surface area (Å²) < 4.78 is 0. The van der Waals surface area contributed by atoms with Crippen molar-refractivity contribution in [3.8, 4) is 5.75 Å². The van der Waals surface area contributed by atoms with E-state index in [9.17, 15) is 5.11 Å². The van der Waals surface area contributed by atoms with Crippen molar-refractivity contribution < 1.29 is 5.11 Å². The van der Waals surface area contributed by atoms with Gasteiger partial charge in [-0.05, 0) is 53.5 Å². The van der Waals surface area contributed by atoms with Gasteiger partial charge in [-0.3, -0.25) is 0 Å². The van der Waals surface area contributed by atoms with Crippen LogP contribution in [0, 0.1) is 11.8 Å². The van der Waals surface area contributed by atoms with Crippen LogP contribution in [-0.2, 0) is 0 Å². The van der Waals surface area contributed by atoms with Crippen molar-refractivity contribution in [3.63, 3.8) is 0 Å². The summed E-state index contributed by atoms with van der Waals surface area (Å²) in [5.41, 5.74) is 3.70. The van der Waals surface area contributed by atoms with Crippen LogP contribution in [0.4, 0.5) is 0 Å². The van der Waals surface area contributed by atoms with Gasteiger partial charge in [-0.1, -0.05) is 68.3 Å². The number of allylic oxidation sites excluding steroid dienone is 1. The quantitative estimate of drug-likeness (QED) is 0.772. The van der Waals surface area contributed by atoms with Gasteiger partial charge in [-0.2, -0.15) is 0 Å². The minimum absolute atomic E-state index is 0.319. The molecule has 1 nitrogen and oxygen atoms in total. The van der Waals surface area contributed by atoms with Crippen LogP contribution in [0.2, 0.25) is 0 Å². The van der Waals surface area contributed by atoms with Gasteiger partial charge in [-0.15, -0.1) is 0 Å². The first-order valence-corrected chi connectivity index (χ1v) is 8.30. The molecule has 1 N–H and O–H groups in total. The Hall–Kier alpha value is -2.02. The van der Waals surface area contributed by atoms with Gasteiger partial charge in [-0.25, -0.2) is 0 Å². The molecule has 2 aromatic carbocycles. The Morgan fingerprint density at radius 2 is 1.55 bits per heavy atom. The Kier molecular flexibility index (Phi) is 4.62. The molecular formula is C21H24O. The number of hydrogen-bond donors (Lipinski definition) is 1.